The standard InChI is InChI=1S/C22H23F3N6O/c1-14-6-8-17(9-7-14)29-19-12-15(2)28-20(31-19)26-10-11-27-21(32)30-18-5-3-4-16(13-18)22(23,24)25/h3-9,12-13H,10-11H2,1-2H3,(H2,27,30,32)(H2,26,28,29,31). The Morgan fingerprint density at radius 1 is 0.938 bits per heavy atom. The largest absolute Gasteiger partial charge is 0.416 e. The highest BCUT2D eigenvalue weighted by molar-refractivity contribution is 5.89. The van der Waals surface area contributed by atoms with Crippen LogP contribution in [0.5, 0.6) is 0 Å². The van der Waals surface area contributed by atoms with Gasteiger partial charge in [0.1, 0.15) is 5.82 Å². The van der Waals surface area contributed by atoms with Crippen LogP contribution in [-0.4, -0.2) is 29.1 Å². The number of carbonyl (C=O) groups excluding carboxylic acids is 1. The zero-order valence-corrected chi connectivity index (χ0v) is 17.5. The van der Waals surface area contributed by atoms with Gasteiger partial charge in [-0.1, -0.05) is 23.8 Å². The highest BCUT2D eigenvalue weighted by atomic mass is 19.4. The molecule has 3 rings (SSSR count). The number of aryl methyl sites for hydroxylation is 2. The zero-order valence-electron chi connectivity index (χ0n) is 17.5. The number of halogens is 3. The van der Waals surface area contributed by atoms with Crippen LogP contribution in [0.25, 0.3) is 0 Å². The van der Waals surface area contributed by atoms with Gasteiger partial charge in [0.05, 0.1) is 5.56 Å². The Bertz CT molecular complexity index is 1070. The number of nitrogens with zero attached hydrogens (tertiary/aromatic N) is 2. The lowest BCUT2D eigenvalue weighted by molar-refractivity contribution is -0.137. The van der Waals surface area contributed by atoms with Crippen LogP contribution in [0, 0.1) is 13.8 Å². The molecular formula is C22H23F3N6O. The summed E-state index contributed by atoms with van der Waals surface area (Å²) in [5.74, 6) is 1.01. The molecule has 0 spiro atoms. The molecule has 3 aromatic rings. The number of carbonyl (C=O) groups is 1. The average Bonchev–Trinajstić information content (AvgIpc) is 2.72. The summed E-state index contributed by atoms with van der Waals surface area (Å²) in [6.07, 6.45) is -4.47. The van der Waals surface area contributed by atoms with E-state index in [0.29, 0.717) is 18.3 Å². The third-order valence-electron chi connectivity index (χ3n) is 4.32. The van der Waals surface area contributed by atoms with Crippen molar-refractivity contribution in [3.8, 4) is 0 Å². The number of anilines is 4. The van der Waals surface area contributed by atoms with Gasteiger partial charge >= 0.3 is 12.2 Å². The van der Waals surface area contributed by atoms with Gasteiger partial charge in [0.25, 0.3) is 0 Å². The molecule has 0 aliphatic carbocycles. The lowest BCUT2D eigenvalue weighted by Crippen LogP contribution is -2.32. The van der Waals surface area contributed by atoms with E-state index in [4.69, 9.17) is 0 Å². The number of nitrogens with one attached hydrogen (secondary N) is 4. The number of alkyl halides is 3. The van der Waals surface area contributed by atoms with Crippen LogP contribution in [0.1, 0.15) is 16.8 Å². The number of rotatable bonds is 7. The third-order valence-corrected chi connectivity index (χ3v) is 4.32. The summed E-state index contributed by atoms with van der Waals surface area (Å²) < 4.78 is 38.3. The first-order chi connectivity index (χ1) is 15.2. The van der Waals surface area contributed by atoms with E-state index < -0.39 is 17.8 Å². The van der Waals surface area contributed by atoms with Crippen molar-refractivity contribution in [3.63, 3.8) is 0 Å². The molecule has 0 aliphatic heterocycles. The summed E-state index contributed by atoms with van der Waals surface area (Å²) in [6.45, 7) is 4.38. The number of hydrogen-bond donors (Lipinski definition) is 4. The Morgan fingerprint density at radius 3 is 2.41 bits per heavy atom. The van der Waals surface area contributed by atoms with Gasteiger partial charge in [-0.15, -0.1) is 0 Å². The van der Waals surface area contributed by atoms with Crippen LogP contribution in [0.15, 0.2) is 54.6 Å². The fraction of sp³-hybridized carbons (Fsp3) is 0.227. The molecule has 0 radical (unpaired) electrons. The van der Waals surface area contributed by atoms with Crippen LogP contribution in [0.2, 0.25) is 0 Å². The first kappa shape index (κ1) is 22.9. The minimum atomic E-state index is -4.47. The van der Waals surface area contributed by atoms with Crippen molar-refractivity contribution in [2.45, 2.75) is 20.0 Å². The van der Waals surface area contributed by atoms with Crippen molar-refractivity contribution >= 4 is 29.2 Å². The van der Waals surface area contributed by atoms with Crippen molar-refractivity contribution in [2.75, 3.05) is 29.0 Å². The molecule has 0 saturated heterocycles. The number of aromatic nitrogens is 2. The molecule has 0 bridgehead atoms. The number of amides is 2. The number of benzene rings is 2. The van der Waals surface area contributed by atoms with E-state index in [1.165, 1.54) is 12.1 Å². The Kier molecular flexibility index (Phi) is 7.14. The molecule has 0 unspecified atom stereocenters. The smallest absolute Gasteiger partial charge is 0.352 e. The molecule has 0 atom stereocenters. The monoisotopic (exact) mass is 444 g/mol. The summed E-state index contributed by atoms with van der Waals surface area (Å²) in [4.78, 5) is 20.7. The number of urea groups is 1. The van der Waals surface area contributed by atoms with Gasteiger partial charge in [0.2, 0.25) is 5.95 Å². The Hall–Kier alpha value is -3.82. The Balaban J connectivity index is 1.48. The van der Waals surface area contributed by atoms with Gasteiger partial charge in [0.15, 0.2) is 0 Å². The second-order valence-electron chi connectivity index (χ2n) is 7.10. The van der Waals surface area contributed by atoms with Gasteiger partial charge in [-0.2, -0.15) is 18.2 Å². The van der Waals surface area contributed by atoms with Gasteiger partial charge < -0.3 is 21.3 Å². The van der Waals surface area contributed by atoms with E-state index >= 15 is 0 Å². The van der Waals surface area contributed by atoms with Crippen molar-refractivity contribution < 1.29 is 18.0 Å². The molecule has 0 saturated carbocycles. The normalized spacial score (nSPS) is 11.0. The lowest BCUT2D eigenvalue weighted by Gasteiger charge is -2.12. The second kappa shape index (κ2) is 9.99. The van der Waals surface area contributed by atoms with Crippen molar-refractivity contribution in [1.29, 1.82) is 0 Å². The molecule has 2 amide bonds. The van der Waals surface area contributed by atoms with Gasteiger partial charge in [-0.05, 0) is 44.2 Å². The van der Waals surface area contributed by atoms with E-state index in [-0.39, 0.29) is 12.2 Å². The van der Waals surface area contributed by atoms with Gasteiger partial charge in [-0.25, -0.2) is 9.78 Å². The van der Waals surface area contributed by atoms with Crippen molar-refractivity contribution in [1.82, 2.24) is 15.3 Å². The highest BCUT2D eigenvalue weighted by Gasteiger charge is 2.30. The predicted molar refractivity (Wildman–Crippen MR) is 118 cm³/mol. The molecular weight excluding hydrogens is 421 g/mol. The summed E-state index contributed by atoms with van der Waals surface area (Å²) in [5.41, 5.74) is 2.03. The Labute approximate surface area is 183 Å². The topological polar surface area (TPSA) is 91.0 Å². The summed E-state index contributed by atoms with van der Waals surface area (Å²) >= 11 is 0. The molecule has 32 heavy (non-hydrogen) atoms. The average molecular weight is 444 g/mol. The molecule has 1 heterocycles. The van der Waals surface area contributed by atoms with Gasteiger partial charge in [0, 0.05) is 36.2 Å². The molecule has 1 aromatic heterocycles. The quantitative estimate of drug-likeness (QED) is 0.381. The fourth-order valence-electron chi connectivity index (χ4n) is 2.80. The van der Waals surface area contributed by atoms with Crippen LogP contribution in [0.4, 0.5) is 41.1 Å². The highest BCUT2D eigenvalue weighted by Crippen LogP contribution is 2.30. The van der Waals surface area contributed by atoms with Crippen LogP contribution in [0.3, 0.4) is 0 Å². The van der Waals surface area contributed by atoms with Gasteiger partial charge in [-0.3, -0.25) is 0 Å². The molecule has 10 heteroatoms. The first-order valence-electron chi connectivity index (χ1n) is 9.84. The van der Waals surface area contributed by atoms with E-state index in [2.05, 4.69) is 31.2 Å². The molecule has 7 nitrogen and oxygen atoms in total. The lowest BCUT2D eigenvalue weighted by atomic mass is 10.2. The van der Waals surface area contributed by atoms with Crippen molar-refractivity contribution in [2.24, 2.45) is 0 Å². The van der Waals surface area contributed by atoms with E-state index in [9.17, 15) is 18.0 Å². The van der Waals surface area contributed by atoms with Crippen LogP contribution in [-0.2, 0) is 6.18 Å². The molecule has 168 valence electrons. The molecule has 4 N–H and O–H groups in total. The zero-order chi connectivity index (χ0) is 23.1. The summed E-state index contributed by atoms with van der Waals surface area (Å²) in [5, 5.41) is 11.2. The third kappa shape index (κ3) is 6.86. The Morgan fingerprint density at radius 2 is 1.69 bits per heavy atom. The number of hydrogen-bond acceptors (Lipinski definition) is 5. The molecule has 0 aliphatic rings. The minimum absolute atomic E-state index is 0.0547. The van der Waals surface area contributed by atoms with E-state index in [0.717, 1.165) is 29.1 Å². The summed E-state index contributed by atoms with van der Waals surface area (Å²) in [7, 11) is 0. The second-order valence-corrected chi connectivity index (χ2v) is 7.10. The summed E-state index contributed by atoms with van der Waals surface area (Å²) in [6, 6.07) is 13.5. The maximum atomic E-state index is 12.8. The maximum absolute atomic E-state index is 12.8. The first-order valence-corrected chi connectivity index (χ1v) is 9.84. The fourth-order valence-corrected chi connectivity index (χ4v) is 2.80. The van der Waals surface area contributed by atoms with E-state index in [1.54, 1.807) is 0 Å². The van der Waals surface area contributed by atoms with Crippen LogP contribution < -0.4 is 21.3 Å². The van der Waals surface area contributed by atoms with Crippen LogP contribution >= 0.6 is 0 Å². The van der Waals surface area contributed by atoms with E-state index in [1.807, 2.05) is 44.2 Å². The maximum Gasteiger partial charge on any atom is 0.416 e. The van der Waals surface area contributed by atoms with Crippen molar-refractivity contribution in [3.05, 3.63) is 71.4 Å². The minimum Gasteiger partial charge on any atom is -0.352 e. The molecule has 2 aromatic carbocycles. The predicted octanol–water partition coefficient (Wildman–Crippen LogP) is 5.09. The SMILES string of the molecule is Cc1ccc(Nc2cc(C)nc(NCCNC(=O)Nc3cccc(C(F)(F)F)c3)n2)cc1. The molecule has 0 fully saturated rings.